The van der Waals surface area contributed by atoms with E-state index in [0.29, 0.717) is 11.4 Å². The minimum atomic E-state index is -3.16. The van der Waals surface area contributed by atoms with Crippen LogP contribution in [0.25, 0.3) is 0 Å². The number of hydrogen-bond acceptors (Lipinski definition) is 4. The van der Waals surface area contributed by atoms with E-state index in [1.54, 1.807) is 19.2 Å². The van der Waals surface area contributed by atoms with E-state index in [9.17, 15) is 13.2 Å². The van der Waals surface area contributed by atoms with Gasteiger partial charge in [0.05, 0.1) is 10.8 Å². The molecule has 1 unspecified atom stereocenters. The van der Waals surface area contributed by atoms with E-state index < -0.39 is 9.84 Å². The van der Waals surface area contributed by atoms with Crippen LogP contribution in [0.1, 0.15) is 12.8 Å². The first-order valence-corrected chi connectivity index (χ1v) is 8.57. The number of carbonyl (C=O) groups is 1. The summed E-state index contributed by atoms with van der Waals surface area (Å²) in [5, 5.41) is 2.69. The van der Waals surface area contributed by atoms with Crippen molar-refractivity contribution in [2.24, 2.45) is 5.92 Å². The second-order valence-electron chi connectivity index (χ2n) is 5.17. The number of nitrogens with one attached hydrogen (secondary N) is 1. The number of nitrogens with zero attached hydrogens (tertiary/aromatic N) is 1. The van der Waals surface area contributed by atoms with Crippen LogP contribution in [0.3, 0.4) is 0 Å². The zero-order chi connectivity index (χ0) is 14.8. The van der Waals surface area contributed by atoms with Crippen molar-refractivity contribution < 1.29 is 13.2 Å². The predicted molar refractivity (Wildman–Crippen MR) is 78.6 cm³/mol. The van der Waals surface area contributed by atoms with Crippen LogP contribution in [0.5, 0.6) is 0 Å². The third-order valence-corrected chi connectivity index (χ3v) is 4.80. The van der Waals surface area contributed by atoms with Crippen molar-refractivity contribution >= 4 is 21.4 Å². The van der Waals surface area contributed by atoms with E-state index in [0.717, 1.165) is 25.1 Å². The van der Waals surface area contributed by atoms with Gasteiger partial charge in [-0.3, -0.25) is 4.79 Å². The van der Waals surface area contributed by atoms with Crippen LogP contribution >= 0.6 is 0 Å². The monoisotopic (exact) mass is 296 g/mol. The molecule has 0 radical (unpaired) electrons. The smallest absolute Gasteiger partial charge is 0.224 e. The number of carbonyl (C=O) groups excluding carboxylic acids is 1. The molecule has 1 amide bonds. The molecule has 0 aliphatic carbocycles. The molecule has 0 spiro atoms. The van der Waals surface area contributed by atoms with Gasteiger partial charge in [0.2, 0.25) is 5.91 Å². The fraction of sp³-hybridized carbons (Fsp3) is 0.500. The maximum absolute atomic E-state index is 11.7. The largest absolute Gasteiger partial charge is 0.371 e. The van der Waals surface area contributed by atoms with Gasteiger partial charge in [-0.25, -0.2) is 8.42 Å². The van der Waals surface area contributed by atoms with Gasteiger partial charge in [-0.1, -0.05) is 0 Å². The first kappa shape index (κ1) is 14.8. The Bertz CT molecular complexity index is 581. The fourth-order valence-electron chi connectivity index (χ4n) is 2.53. The Balaban J connectivity index is 2.13. The summed E-state index contributed by atoms with van der Waals surface area (Å²) >= 11 is 0. The van der Waals surface area contributed by atoms with Gasteiger partial charge in [0, 0.05) is 32.1 Å². The van der Waals surface area contributed by atoms with Crippen LogP contribution in [0.15, 0.2) is 29.2 Å². The molecule has 1 N–H and O–H groups in total. The van der Waals surface area contributed by atoms with Crippen molar-refractivity contribution in [1.29, 1.82) is 0 Å². The topological polar surface area (TPSA) is 66.5 Å². The van der Waals surface area contributed by atoms with Gasteiger partial charge >= 0.3 is 0 Å². The Morgan fingerprint density at radius 1 is 1.30 bits per heavy atom. The third kappa shape index (κ3) is 3.30. The third-order valence-electron chi connectivity index (χ3n) is 3.67. The molecule has 1 atom stereocenters. The molecule has 0 bridgehead atoms. The zero-order valence-corrected chi connectivity index (χ0v) is 12.6. The van der Waals surface area contributed by atoms with Gasteiger partial charge < -0.3 is 10.2 Å². The molecule has 20 heavy (non-hydrogen) atoms. The zero-order valence-electron chi connectivity index (χ0n) is 11.8. The predicted octanol–water partition coefficient (Wildman–Crippen LogP) is 1.05. The number of rotatable bonds is 3. The lowest BCUT2D eigenvalue weighted by Gasteiger charge is -2.33. The van der Waals surface area contributed by atoms with Gasteiger partial charge in [-0.05, 0) is 37.1 Å². The van der Waals surface area contributed by atoms with E-state index in [4.69, 9.17) is 0 Å². The minimum absolute atomic E-state index is 0.00309. The lowest BCUT2D eigenvalue weighted by atomic mass is 9.97. The van der Waals surface area contributed by atoms with Crippen LogP contribution in [-0.4, -0.2) is 40.7 Å². The summed E-state index contributed by atoms with van der Waals surface area (Å²) in [6.45, 7) is 1.57. The van der Waals surface area contributed by atoms with E-state index in [1.165, 1.54) is 6.26 Å². The van der Waals surface area contributed by atoms with Crippen LogP contribution in [0.2, 0.25) is 0 Å². The lowest BCUT2D eigenvalue weighted by Crippen LogP contribution is -2.42. The summed E-state index contributed by atoms with van der Waals surface area (Å²) in [5.41, 5.74) is 0.964. The number of sulfone groups is 1. The molecule has 2 rings (SSSR count). The summed E-state index contributed by atoms with van der Waals surface area (Å²) in [6.07, 6.45) is 3.06. The molecule has 1 aromatic rings. The Hall–Kier alpha value is -1.56. The Labute approximate surface area is 119 Å². The molecule has 0 aromatic heterocycles. The maximum Gasteiger partial charge on any atom is 0.224 e. The number of hydrogen-bond donors (Lipinski definition) is 1. The summed E-state index contributed by atoms with van der Waals surface area (Å²) < 4.78 is 22.9. The summed E-state index contributed by atoms with van der Waals surface area (Å²) in [5.74, 6) is 0.0748. The SMILES string of the molecule is CNC(=O)C1CCCN(c2ccc(S(C)(=O)=O)cc2)C1. The molecular formula is C14H20N2O3S. The maximum atomic E-state index is 11.7. The number of benzene rings is 1. The van der Waals surface area contributed by atoms with Crippen LogP contribution < -0.4 is 10.2 Å². The van der Waals surface area contributed by atoms with Gasteiger partial charge in [-0.2, -0.15) is 0 Å². The Kier molecular flexibility index (Phi) is 4.32. The van der Waals surface area contributed by atoms with Gasteiger partial charge in [-0.15, -0.1) is 0 Å². The Morgan fingerprint density at radius 3 is 2.50 bits per heavy atom. The van der Waals surface area contributed by atoms with E-state index in [1.807, 2.05) is 12.1 Å². The molecule has 6 heteroatoms. The standard InChI is InChI=1S/C14H20N2O3S/c1-15-14(17)11-4-3-9-16(10-11)12-5-7-13(8-6-12)20(2,18)19/h5-8,11H,3-4,9-10H2,1-2H3,(H,15,17). The molecule has 0 saturated carbocycles. The number of amides is 1. The second kappa shape index (κ2) is 5.83. The first-order chi connectivity index (χ1) is 9.41. The van der Waals surface area contributed by atoms with Crippen molar-refractivity contribution in [3.63, 3.8) is 0 Å². The molecule has 1 aliphatic heterocycles. The average molecular weight is 296 g/mol. The highest BCUT2D eigenvalue weighted by molar-refractivity contribution is 7.90. The molecule has 1 aromatic carbocycles. The van der Waals surface area contributed by atoms with E-state index in [2.05, 4.69) is 10.2 Å². The van der Waals surface area contributed by atoms with Gasteiger partial charge in [0.1, 0.15) is 0 Å². The normalized spacial score (nSPS) is 19.7. The molecule has 1 heterocycles. The number of anilines is 1. The molecule has 1 saturated heterocycles. The molecule has 1 fully saturated rings. The highest BCUT2D eigenvalue weighted by Gasteiger charge is 2.25. The highest BCUT2D eigenvalue weighted by Crippen LogP contribution is 2.24. The van der Waals surface area contributed by atoms with Crippen molar-refractivity contribution in [3.05, 3.63) is 24.3 Å². The quantitative estimate of drug-likeness (QED) is 0.905. The summed E-state index contributed by atoms with van der Waals surface area (Å²) in [7, 11) is -1.51. The van der Waals surface area contributed by atoms with Crippen molar-refractivity contribution in [2.45, 2.75) is 17.7 Å². The van der Waals surface area contributed by atoms with E-state index in [-0.39, 0.29) is 11.8 Å². The summed E-state index contributed by atoms with van der Waals surface area (Å²) in [6, 6.07) is 6.85. The van der Waals surface area contributed by atoms with E-state index >= 15 is 0 Å². The summed E-state index contributed by atoms with van der Waals surface area (Å²) in [4.78, 5) is 14.2. The fourth-order valence-corrected chi connectivity index (χ4v) is 3.16. The minimum Gasteiger partial charge on any atom is -0.371 e. The van der Waals surface area contributed by atoms with Gasteiger partial charge in [0.15, 0.2) is 9.84 Å². The van der Waals surface area contributed by atoms with Crippen molar-refractivity contribution in [3.8, 4) is 0 Å². The van der Waals surface area contributed by atoms with Crippen molar-refractivity contribution in [1.82, 2.24) is 5.32 Å². The second-order valence-corrected chi connectivity index (χ2v) is 7.18. The lowest BCUT2D eigenvalue weighted by molar-refractivity contribution is -0.124. The molecule has 5 nitrogen and oxygen atoms in total. The first-order valence-electron chi connectivity index (χ1n) is 6.68. The van der Waals surface area contributed by atoms with Gasteiger partial charge in [0.25, 0.3) is 0 Å². The van der Waals surface area contributed by atoms with Crippen molar-refractivity contribution in [2.75, 3.05) is 31.3 Å². The average Bonchev–Trinajstić information content (AvgIpc) is 2.46. The molecule has 1 aliphatic rings. The van der Waals surface area contributed by atoms with Crippen LogP contribution in [-0.2, 0) is 14.6 Å². The molecule has 110 valence electrons. The number of piperidine rings is 1. The molecular weight excluding hydrogens is 276 g/mol. The Morgan fingerprint density at radius 2 is 1.95 bits per heavy atom. The highest BCUT2D eigenvalue weighted by atomic mass is 32.2. The van der Waals surface area contributed by atoms with Crippen LogP contribution in [0.4, 0.5) is 5.69 Å². The van der Waals surface area contributed by atoms with Crippen LogP contribution in [0, 0.1) is 5.92 Å².